The second kappa shape index (κ2) is 6.57. The van der Waals surface area contributed by atoms with Gasteiger partial charge in [-0.05, 0) is 31.7 Å². The summed E-state index contributed by atoms with van der Waals surface area (Å²) in [5, 5.41) is 6.14. The zero-order valence-electron chi connectivity index (χ0n) is 9.89. The van der Waals surface area contributed by atoms with E-state index in [1.54, 1.807) is 0 Å². The highest BCUT2D eigenvalue weighted by molar-refractivity contribution is 6.30. The van der Waals surface area contributed by atoms with Crippen LogP contribution in [0.15, 0.2) is 18.2 Å². The van der Waals surface area contributed by atoms with Crippen LogP contribution in [0.3, 0.4) is 0 Å². The largest absolute Gasteiger partial charge is 0.350 e. The highest BCUT2D eigenvalue weighted by atomic mass is 35.5. The van der Waals surface area contributed by atoms with Gasteiger partial charge in [0.25, 0.3) is 5.91 Å². The number of carbonyl (C=O) groups is 1. The molecular formula is C12H16ClFN2O. The average Bonchev–Trinajstić information content (AvgIpc) is 2.29. The van der Waals surface area contributed by atoms with Gasteiger partial charge in [-0.15, -0.1) is 0 Å². The first-order valence-electron chi connectivity index (χ1n) is 5.51. The summed E-state index contributed by atoms with van der Waals surface area (Å²) >= 11 is 5.71. The summed E-state index contributed by atoms with van der Waals surface area (Å²) in [6, 6.07) is 4.07. The highest BCUT2D eigenvalue weighted by Crippen LogP contribution is 2.14. The Kier molecular flexibility index (Phi) is 5.38. The third-order valence-electron chi connectivity index (χ3n) is 2.29. The molecule has 0 unspecified atom stereocenters. The third kappa shape index (κ3) is 4.32. The number of nitrogens with one attached hydrogen (secondary N) is 2. The molecule has 1 aromatic rings. The Morgan fingerprint density at radius 2 is 2.24 bits per heavy atom. The normalized spacial score (nSPS) is 12.2. The molecule has 0 fully saturated rings. The molecule has 0 bridgehead atoms. The topological polar surface area (TPSA) is 41.1 Å². The molecule has 0 radical (unpaired) electrons. The van der Waals surface area contributed by atoms with E-state index in [0.29, 0.717) is 11.6 Å². The highest BCUT2D eigenvalue weighted by Gasteiger charge is 2.12. The van der Waals surface area contributed by atoms with Crippen LogP contribution < -0.4 is 10.6 Å². The Morgan fingerprint density at radius 1 is 1.53 bits per heavy atom. The van der Waals surface area contributed by atoms with E-state index in [-0.39, 0.29) is 11.6 Å². The smallest absolute Gasteiger partial charge is 0.254 e. The summed E-state index contributed by atoms with van der Waals surface area (Å²) in [4.78, 5) is 11.7. The van der Waals surface area contributed by atoms with Crippen LogP contribution in [-0.2, 0) is 0 Å². The van der Waals surface area contributed by atoms with Gasteiger partial charge in [-0.25, -0.2) is 4.39 Å². The minimum atomic E-state index is -0.567. The summed E-state index contributed by atoms with van der Waals surface area (Å²) in [5.74, 6) is -1.02. The zero-order valence-corrected chi connectivity index (χ0v) is 10.6. The van der Waals surface area contributed by atoms with Crippen LogP contribution in [0.5, 0.6) is 0 Å². The van der Waals surface area contributed by atoms with Gasteiger partial charge < -0.3 is 10.6 Å². The van der Waals surface area contributed by atoms with Gasteiger partial charge in [-0.3, -0.25) is 4.79 Å². The first-order valence-corrected chi connectivity index (χ1v) is 5.89. The first kappa shape index (κ1) is 13.9. The number of rotatable bonds is 5. The van der Waals surface area contributed by atoms with E-state index < -0.39 is 11.7 Å². The third-order valence-corrected chi connectivity index (χ3v) is 2.53. The summed E-state index contributed by atoms with van der Waals surface area (Å²) in [5.41, 5.74) is -0.0267. The van der Waals surface area contributed by atoms with Crippen molar-refractivity contribution in [2.24, 2.45) is 0 Å². The predicted octanol–water partition coefficient (Wildman–Crippen LogP) is 2.21. The molecule has 0 aliphatic carbocycles. The first-order chi connectivity index (χ1) is 8.04. The molecule has 0 aromatic heterocycles. The molecule has 1 amide bonds. The van der Waals surface area contributed by atoms with Crippen LogP contribution in [0.1, 0.15) is 24.2 Å². The monoisotopic (exact) mass is 258 g/mol. The molecule has 1 aromatic carbocycles. The molecule has 94 valence electrons. The van der Waals surface area contributed by atoms with Gasteiger partial charge in [0.15, 0.2) is 0 Å². The molecule has 5 heteroatoms. The fraction of sp³-hybridized carbons (Fsp3) is 0.417. The number of carbonyl (C=O) groups excluding carboxylic acids is 1. The summed E-state index contributed by atoms with van der Waals surface area (Å²) in [6.07, 6.45) is 0. The van der Waals surface area contributed by atoms with Crippen LogP contribution in [0, 0.1) is 5.82 Å². The van der Waals surface area contributed by atoms with E-state index in [9.17, 15) is 9.18 Å². The Hall–Kier alpha value is -1.13. The van der Waals surface area contributed by atoms with Crippen molar-refractivity contribution in [2.45, 2.75) is 19.9 Å². The van der Waals surface area contributed by atoms with Crippen molar-refractivity contribution in [3.63, 3.8) is 0 Å². The fourth-order valence-corrected chi connectivity index (χ4v) is 1.61. The van der Waals surface area contributed by atoms with Gasteiger partial charge in [-0.2, -0.15) is 0 Å². The molecule has 1 atom stereocenters. The van der Waals surface area contributed by atoms with E-state index in [1.165, 1.54) is 18.2 Å². The maximum atomic E-state index is 13.4. The number of halogens is 2. The van der Waals surface area contributed by atoms with Gasteiger partial charge in [0.1, 0.15) is 5.82 Å². The van der Waals surface area contributed by atoms with Crippen LogP contribution in [0.4, 0.5) is 4.39 Å². The van der Waals surface area contributed by atoms with Gasteiger partial charge in [-0.1, -0.05) is 18.5 Å². The molecule has 3 nitrogen and oxygen atoms in total. The van der Waals surface area contributed by atoms with Crippen molar-refractivity contribution in [1.82, 2.24) is 10.6 Å². The number of hydrogen-bond acceptors (Lipinski definition) is 2. The second-order valence-corrected chi connectivity index (χ2v) is 4.23. The van der Waals surface area contributed by atoms with Crippen molar-refractivity contribution < 1.29 is 9.18 Å². The number of amides is 1. The molecular weight excluding hydrogens is 243 g/mol. The van der Waals surface area contributed by atoms with Crippen LogP contribution in [-0.4, -0.2) is 25.0 Å². The molecule has 17 heavy (non-hydrogen) atoms. The van der Waals surface area contributed by atoms with Crippen molar-refractivity contribution in [2.75, 3.05) is 13.1 Å². The lowest BCUT2D eigenvalue weighted by atomic mass is 10.2. The molecule has 0 saturated heterocycles. The van der Waals surface area contributed by atoms with E-state index >= 15 is 0 Å². The van der Waals surface area contributed by atoms with Crippen LogP contribution in [0.25, 0.3) is 0 Å². The molecule has 0 aliphatic rings. The van der Waals surface area contributed by atoms with Gasteiger partial charge >= 0.3 is 0 Å². The molecule has 2 N–H and O–H groups in total. The number of likely N-dealkylation sites (N-methyl/N-ethyl adjacent to an activating group) is 1. The maximum absolute atomic E-state index is 13.4. The van der Waals surface area contributed by atoms with Crippen molar-refractivity contribution in [3.8, 4) is 0 Å². The lowest BCUT2D eigenvalue weighted by Crippen LogP contribution is -2.39. The van der Waals surface area contributed by atoms with Crippen molar-refractivity contribution in [1.29, 1.82) is 0 Å². The molecule has 0 saturated carbocycles. The van der Waals surface area contributed by atoms with Crippen LogP contribution >= 0.6 is 11.6 Å². The van der Waals surface area contributed by atoms with Gasteiger partial charge in [0.2, 0.25) is 0 Å². The van der Waals surface area contributed by atoms with E-state index in [4.69, 9.17) is 11.6 Å². The van der Waals surface area contributed by atoms with E-state index in [0.717, 1.165) is 6.54 Å². The Labute approximate surface area is 105 Å². The lowest BCUT2D eigenvalue weighted by Gasteiger charge is -2.13. The second-order valence-electron chi connectivity index (χ2n) is 3.79. The fourth-order valence-electron chi connectivity index (χ4n) is 1.43. The molecule has 0 heterocycles. The average molecular weight is 259 g/mol. The minimum Gasteiger partial charge on any atom is -0.350 e. The lowest BCUT2D eigenvalue weighted by molar-refractivity contribution is 0.0946. The Bertz CT molecular complexity index is 398. The van der Waals surface area contributed by atoms with Crippen LogP contribution in [0.2, 0.25) is 5.02 Å². The molecule has 1 rings (SSSR count). The van der Waals surface area contributed by atoms with E-state index in [2.05, 4.69) is 10.6 Å². The SMILES string of the molecule is CCN[C@H](C)CNC(=O)c1cc(Cl)ccc1F. The standard InChI is InChI=1S/C12H16ClFN2O/c1-3-15-8(2)7-16-12(17)10-6-9(13)4-5-11(10)14/h4-6,8,15H,3,7H2,1-2H3,(H,16,17)/t8-/m1/s1. The Balaban J connectivity index is 2.61. The predicted molar refractivity (Wildman–Crippen MR) is 66.9 cm³/mol. The zero-order chi connectivity index (χ0) is 12.8. The van der Waals surface area contributed by atoms with Crippen molar-refractivity contribution >= 4 is 17.5 Å². The van der Waals surface area contributed by atoms with Gasteiger partial charge in [0.05, 0.1) is 5.56 Å². The quantitative estimate of drug-likeness (QED) is 0.850. The number of benzene rings is 1. The van der Waals surface area contributed by atoms with Gasteiger partial charge in [0, 0.05) is 17.6 Å². The minimum absolute atomic E-state index is 0.0267. The summed E-state index contributed by atoms with van der Waals surface area (Å²) < 4.78 is 13.4. The Morgan fingerprint density at radius 3 is 2.88 bits per heavy atom. The molecule has 0 spiro atoms. The number of hydrogen-bond donors (Lipinski definition) is 2. The van der Waals surface area contributed by atoms with Crippen molar-refractivity contribution in [3.05, 3.63) is 34.6 Å². The maximum Gasteiger partial charge on any atom is 0.254 e. The summed E-state index contributed by atoms with van der Waals surface area (Å²) in [6.45, 7) is 5.19. The van der Waals surface area contributed by atoms with E-state index in [1.807, 2.05) is 13.8 Å². The molecule has 0 aliphatic heterocycles. The summed E-state index contributed by atoms with van der Waals surface area (Å²) in [7, 11) is 0.